The van der Waals surface area contributed by atoms with Crippen LogP contribution in [0.15, 0.2) is 42.5 Å². The summed E-state index contributed by atoms with van der Waals surface area (Å²) in [5.74, 6) is -0.720. The number of carbonyl (C=O) groups excluding carboxylic acids is 1. The molecule has 1 unspecified atom stereocenters. The second-order valence-corrected chi connectivity index (χ2v) is 3.90. The molecular formula is C14H14O3. The number of carbonyl (C=O) groups is 1. The minimum absolute atomic E-state index is 0.334. The van der Waals surface area contributed by atoms with Crippen LogP contribution in [0.25, 0.3) is 10.8 Å². The van der Waals surface area contributed by atoms with Crippen LogP contribution in [0, 0.1) is 0 Å². The predicted molar refractivity (Wildman–Crippen MR) is 65.5 cm³/mol. The van der Waals surface area contributed by atoms with Crippen LogP contribution in [0.4, 0.5) is 0 Å². The van der Waals surface area contributed by atoms with Crippen molar-refractivity contribution >= 4 is 16.7 Å². The Balaban J connectivity index is 2.32. The van der Waals surface area contributed by atoms with E-state index in [9.17, 15) is 4.79 Å². The number of hydrogen-bond acceptors (Lipinski definition) is 3. The average Bonchev–Trinajstić information content (AvgIpc) is 2.37. The Morgan fingerprint density at radius 3 is 2.53 bits per heavy atom. The molecule has 0 aromatic heterocycles. The molecule has 3 nitrogen and oxygen atoms in total. The maximum absolute atomic E-state index is 11.5. The molecule has 0 aliphatic carbocycles. The Labute approximate surface area is 99.9 Å². The van der Waals surface area contributed by atoms with Crippen LogP contribution in [-0.4, -0.2) is 13.1 Å². The second-order valence-electron chi connectivity index (χ2n) is 3.90. The van der Waals surface area contributed by atoms with Gasteiger partial charge in [0.2, 0.25) is 0 Å². The van der Waals surface area contributed by atoms with Crippen LogP contribution in [0.5, 0.6) is 0 Å². The van der Waals surface area contributed by atoms with Crippen molar-refractivity contribution in [2.45, 2.75) is 12.8 Å². The molecule has 1 atom stereocenters. The minimum atomic E-state index is -0.386. The Hall–Kier alpha value is -1.87. The molecule has 0 heterocycles. The van der Waals surface area contributed by atoms with Crippen molar-refractivity contribution in [1.82, 2.24) is 0 Å². The summed E-state index contributed by atoms with van der Waals surface area (Å²) in [7, 11) is 1.32. The number of rotatable bonds is 3. The van der Waals surface area contributed by atoms with Gasteiger partial charge in [0, 0.05) is 0 Å². The molecule has 0 radical (unpaired) electrons. The standard InChI is InChI=1S/C14H14O3/c1-10(14(15)17-16-2)12-8-7-11-5-3-4-6-13(11)9-12/h3-10H,1-2H3. The summed E-state index contributed by atoms with van der Waals surface area (Å²) in [5.41, 5.74) is 0.922. The lowest BCUT2D eigenvalue weighted by atomic mass is 9.98. The summed E-state index contributed by atoms with van der Waals surface area (Å²) in [4.78, 5) is 20.4. The molecule has 0 aliphatic heterocycles. The van der Waals surface area contributed by atoms with Crippen molar-refractivity contribution in [3.8, 4) is 0 Å². The van der Waals surface area contributed by atoms with Crippen LogP contribution in [-0.2, 0) is 14.6 Å². The zero-order valence-electron chi connectivity index (χ0n) is 9.84. The van der Waals surface area contributed by atoms with E-state index in [-0.39, 0.29) is 11.9 Å². The van der Waals surface area contributed by atoms with Crippen molar-refractivity contribution in [2.24, 2.45) is 0 Å². The van der Waals surface area contributed by atoms with Gasteiger partial charge in [-0.15, -0.1) is 0 Å². The first-order valence-corrected chi connectivity index (χ1v) is 5.45. The first kappa shape index (κ1) is 11.6. The molecule has 2 aromatic rings. The van der Waals surface area contributed by atoms with Crippen molar-refractivity contribution in [3.05, 3.63) is 48.0 Å². The highest BCUT2D eigenvalue weighted by atomic mass is 17.2. The molecule has 0 fully saturated rings. The highest BCUT2D eigenvalue weighted by molar-refractivity contribution is 5.85. The fourth-order valence-electron chi connectivity index (χ4n) is 1.77. The lowest BCUT2D eigenvalue weighted by molar-refractivity contribution is -0.256. The normalized spacial score (nSPS) is 12.4. The molecule has 0 spiro atoms. The van der Waals surface area contributed by atoms with E-state index in [1.807, 2.05) is 42.5 Å². The van der Waals surface area contributed by atoms with Gasteiger partial charge in [-0.05, 0) is 23.3 Å². The number of fused-ring (bicyclic) bond motifs is 1. The maximum Gasteiger partial charge on any atom is 0.349 e. The lowest BCUT2D eigenvalue weighted by Gasteiger charge is -2.10. The van der Waals surface area contributed by atoms with Crippen LogP contribution in [0.3, 0.4) is 0 Å². The zero-order chi connectivity index (χ0) is 12.3. The van der Waals surface area contributed by atoms with Crippen molar-refractivity contribution in [2.75, 3.05) is 7.11 Å². The molecule has 0 bridgehead atoms. The lowest BCUT2D eigenvalue weighted by Crippen LogP contribution is -2.12. The van der Waals surface area contributed by atoms with Gasteiger partial charge in [0.05, 0.1) is 13.0 Å². The van der Waals surface area contributed by atoms with Gasteiger partial charge < -0.3 is 0 Å². The fourth-order valence-corrected chi connectivity index (χ4v) is 1.77. The van der Waals surface area contributed by atoms with E-state index in [2.05, 4.69) is 9.78 Å². The minimum Gasteiger partial charge on any atom is -0.298 e. The largest absolute Gasteiger partial charge is 0.349 e. The molecule has 0 saturated carbocycles. The van der Waals surface area contributed by atoms with Crippen LogP contribution in [0.2, 0.25) is 0 Å². The molecule has 0 aliphatic rings. The summed E-state index contributed by atoms with van der Waals surface area (Å²) in [6.07, 6.45) is 0. The quantitative estimate of drug-likeness (QED) is 0.600. The fraction of sp³-hybridized carbons (Fsp3) is 0.214. The van der Waals surface area contributed by atoms with Gasteiger partial charge in [-0.2, -0.15) is 4.89 Å². The van der Waals surface area contributed by atoms with Gasteiger partial charge in [-0.25, -0.2) is 4.79 Å². The molecule has 17 heavy (non-hydrogen) atoms. The second kappa shape index (κ2) is 4.97. The maximum atomic E-state index is 11.5. The first-order valence-electron chi connectivity index (χ1n) is 5.45. The van der Waals surface area contributed by atoms with Crippen molar-refractivity contribution in [1.29, 1.82) is 0 Å². The predicted octanol–water partition coefficient (Wildman–Crippen LogP) is 3.05. The van der Waals surface area contributed by atoms with Gasteiger partial charge in [-0.3, -0.25) is 4.89 Å². The van der Waals surface area contributed by atoms with Gasteiger partial charge in [0.25, 0.3) is 0 Å². The van der Waals surface area contributed by atoms with E-state index >= 15 is 0 Å². The topological polar surface area (TPSA) is 35.5 Å². The molecule has 88 valence electrons. The molecule has 0 amide bonds. The molecular weight excluding hydrogens is 216 g/mol. The van der Waals surface area contributed by atoms with Gasteiger partial charge in [0.15, 0.2) is 0 Å². The molecule has 2 rings (SSSR count). The van der Waals surface area contributed by atoms with Crippen LogP contribution < -0.4 is 0 Å². The van der Waals surface area contributed by atoms with E-state index in [0.29, 0.717) is 0 Å². The third-order valence-electron chi connectivity index (χ3n) is 2.79. The van der Waals surface area contributed by atoms with Gasteiger partial charge >= 0.3 is 5.97 Å². The highest BCUT2D eigenvalue weighted by Gasteiger charge is 2.17. The third-order valence-corrected chi connectivity index (χ3v) is 2.79. The van der Waals surface area contributed by atoms with Gasteiger partial charge in [0.1, 0.15) is 0 Å². The summed E-state index contributed by atoms with van der Waals surface area (Å²) in [5, 5.41) is 2.27. The monoisotopic (exact) mass is 230 g/mol. The number of benzene rings is 2. The molecule has 0 N–H and O–H groups in total. The molecule has 0 saturated heterocycles. The zero-order valence-corrected chi connectivity index (χ0v) is 9.84. The van der Waals surface area contributed by atoms with Gasteiger partial charge in [-0.1, -0.05) is 42.5 Å². The summed E-state index contributed by atoms with van der Waals surface area (Å²) in [6, 6.07) is 14.0. The Morgan fingerprint density at radius 2 is 1.82 bits per heavy atom. The molecule has 2 aromatic carbocycles. The van der Waals surface area contributed by atoms with Crippen LogP contribution >= 0.6 is 0 Å². The van der Waals surface area contributed by atoms with Crippen molar-refractivity contribution < 1.29 is 14.6 Å². The summed E-state index contributed by atoms with van der Waals surface area (Å²) in [6.45, 7) is 1.80. The Kier molecular flexibility index (Phi) is 3.40. The van der Waals surface area contributed by atoms with E-state index in [1.54, 1.807) is 6.92 Å². The van der Waals surface area contributed by atoms with E-state index in [0.717, 1.165) is 16.3 Å². The summed E-state index contributed by atoms with van der Waals surface area (Å²) >= 11 is 0. The average molecular weight is 230 g/mol. The van der Waals surface area contributed by atoms with E-state index < -0.39 is 0 Å². The summed E-state index contributed by atoms with van der Waals surface area (Å²) < 4.78 is 0. The van der Waals surface area contributed by atoms with Crippen LogP contribution in [0.1, 0.15) is 18.4 Å². The SMILES string of the molecule is COOC(=O)C(C)c1ccc2ccccc2c1. The van der Waals surface area contributed by atoms with Crippen molar-refractivity contribution in [3.63, 3.8) is 0 Å². The smallest absolute Gasteiger partial charge is 0.298 e. The Morgan fingerprint density at radius 1 is 1.12 bits per heavy atom. The van der Waals surface area contributed by atoms with E-state index in [4.69, 9.17) is 0 Å². The van der Waals surface area contributed by atoms with E-state index in [1.165, 1.54) is 7.11 Å². The highest BCUT2D eigenvalue weighted by Crippen LogP contribution is 2.22. The number of hydrogen-bond donors (Lipinski definition) is 0. The third kappa shape index (κ3) is 2.45. The Bertz CT molecular complexity index is 534. The molecule has 3 heteroatoms. The first-order chi connectivity index (χ1) is 8.22.